The van der Waals surface area contributed by atoms with Crippen molar-refractivity contribution in [3.8, 4) is 5.75 Å². The van der Waals surface area contributed by atoms with Gasteiger partial charge in [-0.15, -0.1) is 0 Å². The van der Waals surface area contributed by atoms with Gasteiger partial charge in [0.1, 0.15) is 11.9 Å². The third kappa shape index (κ3) is 4.85. The van der Waals surface area contributed by atoms with Gasteiger partial charge in [-0.2, -0.15) is 0 Å². The summed E-state index contributed by atoms with van der Waals surface area (Å²) in [5.74, 6) is -0.0748. The maximum absolute atomic E-state index is 14.0. The largest absolute Gasteiger partial charge is 0.487 e. The van der Waals surface area contributed by atoms with Crippen LogP contribution in [0.2, 0.25) is 0 Å². The fourth-order valence-electron chi connectivity index (χ4n) is 5.00. The van der Waals surface area contributed by atoms with Crippen LogP contribution in [0.15, 0.2) is 18.2 Å². The van der Waals surface area contributed by atoms with Crippen molar-refractivity contribution in [2.75, 3.05) is 37.7 Å². The van der Waals surface area contributed by atoms with Gasteiger partial charge in [0, 0.05) is 64.4 Å². The molecule has 3 aliphatic rings. The van der Waals surface area contributed by atoms with Gasteiger partial charge in [0.25, 0.3) is 0 Å². The Morgan fingerprint density at radius 3 is 2.65 bits per heavy atom. The minimum atomic E-state index is -0.679. The van der Waals surface area contributed by atoms with E-state index in [2.05, 4.69) is 4.90 Å². The average molecular weight is 473 g/mol. The van der Waals surface area contributed by atoms with Crippen LogP contribution in [0.3, 0.4) is 0 Å². The number of hydrogen-bond acceptors (Lipinski definition) is 6. The summed E-state index contributed by atoms with van der Waals surface area (Å²) in [5, 5.41) is 0. The number of anilines is 1. The number of carbonyl (C=O) groups is 1. The van der Waals surface area contributed by atoms with E-state index in [-0.39, 0.29) is 23.7 Å². The predicted molar refractivity (Wildman–Crippen MR) is 122 cm³/mol. The SMILES string of the molecule is CC(=O)N1CCc2nc(N3CCC(Oc4ccc(F)cc4F)CC3)c(C3CCCOC3)nc2C1. The number of carbonyl (C=O) groups excluding carboxylic acids is 1. The van der Waals surface area contributed by atoms with E-state index >= 15 is 0 Å². The minimum absolute atomic E-state index is 0.0544. The summed E-state index contributed by atoms with van der Waals surface area (Å²) in [5.41, 5.74) is 2.79. The fourth-order valence-corrected chi connectivity index (χ4v) is 5.00. The summed E-state index contributed by atoms with van der Waals surface area (Å²) in [6.45, 7) is 5.55. The van der Waals surface area contributed by atoms with Crippen molar-refractivity contribution < 1.29 is 23.0 Å². The number of halogens is 2. The Kier molecular flexibility index (Phi) is 6.63. The molecule has 1 aromatic heterocycles. The highest BCUT2D eigenvalue weighted by Crippen LogP contribution is 2.34. The zero-order valence-corrected chi connectivity index (χ0v) is 19.4. The fraction of sp³-hybridized carbons (Fsp3) is 0.560. The lowest BCUT2D eigenvalue weighted by Crippen LogP contribution is -2.41. The molecule has 0 spiro atoms. The first-order valence-electron chi connectivity index (χ1n) is 12.1. The Morgan fingerprint density at radius 2 is 1.94 bits per heavy atom. The van der Waals surface area contributed by atoms with Gasteiger partial charge in [-0.25, -0.2) is 18.7 Å². The van der Waals surface area contributed by atoms with Gasteiger partial charge >= 0.3 is 0 Å². The van der Waals surface area contributed by atoms with Crippen molar-refractivity contribution in [3.05, 3.63) is 46.9 Å². The molecule has 1 atom stereocenters. The maximum Gasteiger partial charge on any atom is 0.219 e. The van der Waals surface area contributed by atoms with Crippen molar-refractivity contribution in [3.63, 3.8) is 0 Å². The van der Waals surface area contributed by atoms with Crippen LogP contribution in [0.5, 0.6) is 5.75 Å². The van der Waals surface area contributed by atoms with Gasteiger partial charge in [0.2, 0.25) is 5.91 Å². The van der Waals surface area contributed by atoms with E-state index in [4.69, 9.17) is 19.4 Å². The molecule has 2 aromatic rings. The summed E-state index contributed by atoms with van der Waals surface area (Å²) in [6, 6.07) is 3.40. The zero-order valence-electron chi connectivity index (χ0n) is 19.4. The Balaban J connectivity index is 1.35. The van der Waals surface area contributed by atoms with Gasteiger partial charge in [-0.3, -0.25) is 4.79 Å². The summed E-state index contributed by atoms with van der Waals surface area (Å²) in [6.07, 6.45) is 3.94. The van der Waals surface area contributed by atoms with Crippen molar-refractivity contribution >= 4 is 11.7 Å². The number of fused-ring (bicyclic) bond motifs is 1. The number of hydrogen-bond donors (Lipinski definition) is 0. The first-order chi connectivity index (χ1) is 16.5. The second kappa shape index (κ2) is 9.82. The van der Waals surface area contributed by atoms with Crippen molar-refractivity contribution in [2.45, 2.75) is 57.6 Å². The third-order valence-corrected chi connectivity index (χ3v) is 6.94. The molecule has 5 rings (SSSR count). The molecule has 9 heteroatoms. The second-order valence-corrected chi connectivity index (χ2v) is 9.31. The first kappa shape index (κ1) is 23.0. The highest BCUT2D eigenvalue weighted by atomic mass is 19.1. The second-order valence-electron chi connectivity index (χ2n) is 9.31. The highest BCUT2D eigenvalue weighted by Gasteiger charge is 2.31. The Labute approximate surface area is 198 Å². The number of rotatable bonds is 4. The molecule has 7 nitrogen and oxygen atoms in total. The zero-order chi connectivity index (χ0) is 23.7. The topological polar surface area (TPSA) is 67.8 Å². The van der Waals surface area contributed by atoms with E-state index in [1.54, 1.807) is 6.92 Å². The Hall–Kier alpha value is -2.81. The molecule has 4 heterocycles. The predicted octanol–water partition coefficient (Wildman–Crippen LogP) is 3.60. The van der Waals surface area contributed by atoms with Crippen molar-refractivity contribution in [1.29, 1.82) is 0 Å². The molecule has 1 unspecified atom stereocenters. The number of aromatic nitrogens is 2. The van der Waals surface area contributed by atoms with E-state index in [0.29, 0.717) is 52.0 Å². The van der Waals surface area contributed by atoms with Crippen LogP contribution >= 0.6 is 0 Å². The van der Waals surface area contributed by atoms with Gasteiger partial charge in [-0.05, 0) is 25.0 Å². The lowest BCUT2D eigenvalue weighted by molar-refractivity contribution is -0.129. The Morgan fingerprint density at radius 1 is 1.12 bits per heavy atom. The summed E-state index contributed by atoms with van der Waals surface area (Å²) >= 11 is 0. The molecule has 182 valence electrons. The Bertz CT molecular complexity index is 1050. The lowest BCUT2D eigenvalue weighted by atomic mass is 9.96. The molecule has 1 aromatic carbocycles. The number of piperidine rings is 1. The van der Waals surface area contributed by atoms with Crippen LogP contribution in [0, 0.1) is 11.6 Å². The van der Waals surface area contributed by atoms with E-state index < -0.39 is 11.6 Å². The standard InChI is InChI=1S/C25H30F2N4O3/c1-16(32)31-11-8-21-22(14-31)28-24(17-3-2-12-33-15-17)25(29-21)30-9-6-19(7-10-30)34-23-5-4-18(26)13-20(23)27/h4-5,13,17,19H,2-3,6-12,14-15H2,1H3. The van der Waals surface area contributed by atoms with Crippen LogP contribution in [0.4, 0.5) is 14.6 Å². The monoisotopic (exact) mass is 472 g/mol. The van der Waals surface area contributed by atoms with E-state index in [9.17, 15) is 13.6 Å². The molecule has 2 fully saturated rings. The smallest absolute Gasteiger partial charge is 0.219 e. The van der Waals surface area contributed by atoms with Gasteiger partial charge < -0.3 is 19.3 Å². The molecule has 0 bridgehead atoms. The van der Waals surface area contributed by atoms with Gasteiger partial charge in [0.15, 0.2) is 17.4 Å². The molecule has 2 saturated heterocycles. The normalized spacial score (nSPS) is 21.3. The van der Waals surface area contributed by atoms with Crippen molar-refractivity contribution in [1.82, 2.24) is 14.9 Å². The molecule has 3 aliphatic heterocycles. The maximum atomic E-state index is 14.0. The van der Waals surface area contributed by atoms with Crippen LogP contribution in [0.1, 0.15) is 55.6 Å². The number of nitrogens with zero attached hydrogens (tertiary/aromatic N) is 4. The average Bonchev–Trinajstić information content (AvgIpc) is 2.85. The number of benzene rings is 1. The molecule has 34 heavy (non-hydrogen) atoms. The third-order valence-electron chi connectivity index (χ3n) is 6.94. The van der Waals surface area contributed by atoms with Crippen LogP contribution in [0.25, 0.3) is 0 Å². The van der Waals surface area contributed by atoms with Crippen LogP contribution in [-0.4, -0.2) is 59.7 Å². The molecular weight excluding hydrogens is 442 g/mol. The molecule has 0 N–H and O–H groups in total. The van der Waals surface area contributed by atoms with Gasteiger partial charge in [0.05, 0.1) is 30.2 Å². The molecule has 1 amide bonds. The minimum Gasteiger partial charge on any atom is -0.487 e. The quantitative estimate of drug-likeness (QED) is 0.678. The highest BCUT2D eigenvalue weighted by molar-refractivity contribution is 5.73. The number of amides is 1. The van der Waals surface area contributed by atoms with E-state index in [1.807, 2.05) is 4.90 Å². The first-order valence-corrected chi connectivity index (χ1v) is 12.1. The summed E-state index contributed by atoms with van der Waals surface area (Å²) < 4.78 is 38.8. The van der Waals surface area contributed by atoms with Crippen LogP contribution in [-0.2, 0) is 22.5 Å². The van der Waals surface area contributed by atoms with E-state index in [0.717, 1.165) is 48.4 Å². The van der Waals surface area contributed by atoms with E-state index in [1.165, 1.54) is 12.1 Å². The lowest BCUT2D eigenvalue weighted by Gasteiger charge is -2.36. The van der Waals surface area contributed by atoms with Crippen molar-refractivity contribution in [2.24, 2.45) is 0 Å². The number of ether oxygens (including phenoxy) is 2. The molecule has 0 aliphatic carbocycles. The van der Waals surface area contributed by atoms with Gasteiger partial charge in [-0.1, -0.05) is 0 Å². The summed E-state index contributed by atoms with van der Waals surface area (Å²) in [4.78, 5) is 26.1. The summed E-state index contributed by atoms with van der Waals surface area (Å²) in [7, 11) is 0. The molecule has 0 radical (unpaired) electrons. The molecular formula is C25H30F2N4O3. The van der Waals surface area contributed by atoms with Crippen LogP contribution < -0.4 is 9.64 Å². The molecule has 0 saturated carbocycles.